The zero-order valence-corrected chi connectivity index (χ0v) is 6.24. The Hall–Kier alpha value is -1.56. The van der Waals surface area contributed by atoms with Gasteiger partial charge in [-0.15, -0.1) is 0 Å². The van der Waals surface area contributed by atoms with Crippen LogP contribution in [0.3, 0.4) is 0 Å². The van der Waals surface area contributed by atoms with E-state index in [1.165, 1.54) is 16.7 Å². The highest BCUT2D eigenvalue weighted by Crippen LogP contribution is 1.91. The van der Waals surface area contributed by atoms with Gasteiger partial charge >= 0.3 is 0 Å². The van der Waals surface area contributed by atoms with E-state index >= 15 is 0 Å². The molecule has 0 unspecified atom stereocenters. The van der Waals surface area contributed by atoms with Gasteiger partial charge in [-0.3, -0.25) is 4.79 Å². The summed E-state index contributed by atoms with van der Waals surface area (Å²) in [6.07, 6.45) is 1.56. The fourth-order valence-electron chi connectivity index (χ4n) is 0.845. The number of aromatic nitrogens is 1. The van der Waals surface area contributed by atoms with Crippen molar-refractivity contribution in [3.05, 3.63) is 34.2 Å². The minimum Gasteiger partial charge on any atom is -0.314 e. The van der Waals surface area contributed by atoms with Crippen LogP contribution in [0.4, 0.5) is 0 Å². The highest BCUT2D eigenvalue weighted by Gasteiger charge is 1.93. The minimum absolute atomic E-state index is 0.0634. The van der Waals surface area contributed by atoms with Gasteiger partial charge in [0.1, 0.15) is 6.07 Å². The van der Waals surface area contributed by atoms with Crippen LogP contribution in [0.1, 0.15) is 12.5 Å². The number of pyridine rings is 1. The molecule has 0 bridgehead atoms. The van der Waals surface area contributed by atoms with Crippen molar-refractivity contribution in [1.29, 1.82) is 5.26 Å². The maximum atomic E-state index is 11.0. The average Bonchev–Trinajstić information content (AvgIpc) is 2.05. The lowest BCUT2D eigenvalue weighted by molar-refractivity contribution is 0.725. The average molecular weight is 148 g/mol. The van der Waals surface area contributed by atoms with Crippen molar-refractivity contribution in [3.63, 3.8) is 0 Å². The standard InChI is InChI=1S/C8H8N2O/c1-2-10-6-7(5-9)3-4-8(10)11/h3-4,6H,2H2,1H3. The summed E-state index contributed by atoms with van der Waals surface area (Å²) in [7, 11) is 0. The second kappa shape index (κ2) is 3.02. The lowest BCUT2D eigenvalue weighted by atomic mass is 10.3. The molecule has 1 aromatic heterocycles. The molecule has 0 aliphatic carbocycles. The third-order valence-electron chi connectivity index (χ3n) is 1.45. The molecule has 1 heterocycles. The molecule has 0 saturated heterocycles. The maximum absolute atomic E-state index is 11.0. The molecule has 3 nitrogen and oxygen atoms in total. The van der Waals surface area contributed by atoms with Crippen molar-refractivity contribution in [1.82, 2.24) is 4.57 Å². The molecule has 3 heteroatoms. The third-order valence-corrected chi connectivity index (χ3v) is 1.45. The SMILES string of the molecule is CCn1cc(C#N)ccc1=O. The van der Waals surface area contributed by atoms with E-state index in [4.69, 9.17) is 5.26 Å². The molecule has 0 N–H and O–H groups in total. The van der Waals surface area contributed by atoms with E-state index in [-0.39, 0.29) is 5.56 Å². The second-order valence-electron chi connectivity index (χ2n) is 2.15. The summed E-state index contributed by atoms with van der Waals surface area (Å²) < 4.78 is 1.50. The second-order valence-corrected chi connectivity index (χ2v) is 2.15. The van der Waals surface area contributed by atoms with Gasteiger partial charge in [-0.25, -0.2) is 0 Å². The first-order valence-corrected chi connectivity index (χ1v) is 3.38. The molecule has 56 valence electrons. The van der Waals surface area contributed by atoms with Crippen molar-refractivity contribution in [2.75, 3.05) is 0 Å². The van der Waals surface area contributed by atoms with Gasteiger partial charge in [0.25, 0.3) is 5.56 Å². The summed E-state index contributed by atoms with van der Waals surface area (Å²) >= 11 is 0. The first kappa shape index (κ1) is 7.55. The van der Waals surface area contributed by atoms with E-state index in [1.807, 2.05) is 13.0 Å². The molecule has 0 radical (unpaired) electrons. The molecule has 0 atom stereocenters. The molecular formula is C8H8N2O. The topological polar surface area (TPSA) is 45.8 Å². The normalized spacial score (nSPS) is 9.09. The van der Waals surface area contributed by atoms with Crippen LogP contribution in [-0.2, 0) is 6.54 Å². The van der Waals surface area contributed by atoms with Crippen LogP contribution in [0.2, 0.25) is 0 Å². The number of hydrogen-bond donors (Lipinski definition) is 0. The summed E-state index contributed by atoms with van der Waals surface area (Å²) in [6.45, 7) is 2.47. The van der Waals surface area contributed by atoms with Crippen molar-refractivity contribution < 1.29 is 0 Å². The lowest BCUT2D eigenvalue weighted by Crippen LogP contribution is -2.17. The van der Waals surface area contributed by atoms with Crippen molar-refractivity contribution in [3.8, 4) is 6.07 Å². The zero-order valence-electron chi connectivity index (χ0n) is 6.24. The summed E-state index contributed by atoms with van der Waals surface area (Å²) in [5, 5.41) is 8.48. The largest absolute Gasteiger partial charge is 0.314 e. The van der Waals surface area contributed by atoms with Gasteiger partial charge in [0.05, 0.1) is 5.56 Å². The molecule has 0 amide bonds. The zero-order chi connectivity index (χ0) is 8.27. The Kier molecular flexibility index (Phi) is 2.07. The smallest absolute Gasteiger partial charge is 0.250 e. The molecule has 0 aromatic carbocycles. The predicted octanol–water partition coefficient (Wildman–Crippen LogP) is 0.740. The summed E-state index contributed by atoms with van der Waals surface area (Å²) in [5.74, 6) is 0. The van der Waals surface area contributed by atoms with Crippen molar-refractivity contribution >= 4 is 0 Å². The van der Waals surface area contributed by atoms with Crippen LogP contribution in [0.25, 0.3) is 0 Å². The molecule has 11 heavy (non-hydrogen) atoms. The van der Waals surface area contributed by atoms with Crippen molar-refractivity contribution in [2.45, 2.75) is 13.5 Å². The molecular weight excluding hydrogens is 140 g/mol. The number of hydrogen-bond acceptors (Lipinski definition) is 2. The Balaban J connectivity index is 3.26. The van der Waals surface area contributed by atoms with Gasteiger partial charge in [0, 0.05) is 18.8 Å². The third kappa shape index (κ3) is 1.47. The van der Waals surface area contributed by atoms with E-state index in [0.717, 1.165) is 0 Å². The van der Waals surface area contributed by atoms with Gasteiger partial charge in [-0.1, -0.05) is 0 Å². The Morgan fingerprint density at radius 2 is 2.36 bits per heavy atom. The Labute approximate surface area is 64.5 Å². The van der Waals surface area contributed by atoms with Gasteiger partial charge in [-0.2, -0.15) is 5.26 Å². The van der Waals surface area contributed by atoms with Crippen molar-refractivity contribution in [2.24, 2.45) is 0 Å². The van der Waals surface area contributed by atoms with Crippen LogP contribution >= 0.6 is 0 Å². The first-order chi connectivity index (χ1) is 5.27. The van der Waals surface area contributed by atoms with Crippen LogP contribution in [-0.4, -0.2) is 4.57 Å². The molecule has 0 aliphatic heterocycles. The van der Waals surface area contributed by atoms with E-state index in [9.17, 15) is 4.79 Å². The predicted molar refractivity (Wildman–Crippen MR) is 41.1 cm³/mol. The van der Waals surface area contributed by atoms with E-state index in [2.05, 4.69) is 0 Å². The van der Waals surface area contributed by atoms with E-state index < -0.39 is 0 Å². The highest BCUT2D eigenvalue weighted by atomic mass is 16.1. The molecule has 0 fully saturated rings. The Morgan fingerprint density at radius 3 is 2.91 bits per heavy atom. The molecule has 0 aliphatic rings. The van der Waals surface area contributed by atoms with Gasteiger partial charge in [-0.05, 0) is 13.0 Å². The molecule has 0 spiro atoms. The monoisotopic (exact) mass is 148 g/mol. The van der Waals surface area contributed by atoms with Crippen LogP contribution < -0.4 is 5.56 Å². The molecule has 1 aromatic rings. The molecule has 1 rings (SSSR count). The maximum Gasteiger partial charge on any atom is 0.250 e. The van der Waals surface area contributed by atoms with Crippen LogP contribution in [0, 0.1) is 11.3 Å². The molecule has 0 saturated carbocycles. The number of rotatable bonds is 1. The Bertz CT molecular complexity index is 346. The van der Waals surface area contributed by atoms with Gasteiger partial charge < -0.3 is 4.57 Å². The lowest BCUT2D eigenvalue weighted by Gasteiger charge is -1.98. The Morgan fingerprint density at radius 1 is 1.64 bits per heavy atom. The van der Waals surface area contributed by atoms with Gasteiger partial charge in [0.2, 0.25) is 0 Å². The van der Waals surface area contributed by atoms with Gasteiger partial charge in [0.15, 0.2) is 0 Å². The summed E-state index contributed by atoms with van der Waals surface area (Å²) in [6, 6.07) is 4.90. The number of nitrogens with zero attached hydrogens (tertiary/aromatic N) is 2. The first-order valence-electron chi connectivity index (χ1n) is 3.38. The minimum atomic E-state index is -0.0634. The summed E-state index contributed by atoms with van der Waals surface area (Å²) in [5.41, 5.74) is 0.456. The van der Waals surface area contributed by atoms with Crippen LogP contribution in [0.5, 0.6) is 0 Å². The number of aryl methyl sites for hydroxylation is 1. The fraction of sp³-hybridized carbons (Fsp3) is 0.250. The quantitative estimate of drug-likeness (QED) is 0.589. The van der Waals surface area contributed by atoms with E-state index in [1.54, 1.807) is 6.20 Å². The highest BCUT2D eigenvalue weighted by molar-refractivity contribution is 5.24. The van der Waals surface area contributed by atoms with Crippen LogP contribution in [0.15, 0.2) is 23.1 Å². The number of nitriles is 1. The fourth-order valence-corrected chi connectivity index (χ4v) is 0.845. The summed E-state index contributed by atoms with van der Waals surface area (Å²) in [4.78, 5) is 11.0. The van der Waals surface area contributed by atoms with E-state index in [0.29, 0.717) is 12.1 Å².